The van der Waals surface area contributed by atoms with Crippen LogP contribution < -0.4 is 0 Å². The lowest BCUT2D eigenvalue weighted by atomic mass is 10.1. The normalized spacial score (nSPS) is 28.2. The van der Waals surface area contributed by atoms with Gasteiger partial charge in [0.25, 0.3) is 0 Å². The summed E-state index contributed by atoms with van der Waals surface area (Å²) >= 11 is 0. The van der Waals surface area contributed by atoms with Gasteiger partial charge in [-0.2, -0.15) is 4.98 Å². The molecule has 1 unspecified atom stereocenters. The molecule has 128 valence electrons. The minimum Gasteiger partial charge on any atom is -0.338 e. The topological polar surface area (TPSA) is 45.4 Å². The van der Waals surface area contributed by atoms with Crippen LogP contribution in [0.5, 0.6) is 0 Å². The van der Waals surface area contributed by atoms with Gasteiger partial charge in [-0.15, -0.1) is 0 Å². The highest BCUT2D eigenvalue weighted by atomic mass is 16.5. The first-order valence-corrected chi connectivity index (χ1v) is 8.98. The number of nitrogens with zero attached hydrogens (tertiary/aromatic N) is 4. The Labute approximate surface area is 143 Å². The Morgan fingerprint density at radius 3 is 2.79 bits per heavy atom. The van der Waals surface area contributed by atoms with E-state index in [-0.39, 0.29) is 6.04 Å². The molecule has 1 aliphatic carbocycles. The average molecular weight is 326 g/mol. The van der Waals surface area contributed by atoms with E-state index >= 15 is 0 Å². The summed E-state index contributed by atoms with van der Waals surface area (Å²) in [7, 11) is 2.15. The lowest BCUT2D eigenvalue weighted by molar-refractivity contribution is 0.0742. The van der Waals surface area contributed by atoms with Crippen LogP contribution in [0.4, 0.5) is 0 Å². The van der Waals surface area contributed by atoms with E-state index in [2.05, 4.69) is 57.3 Å². The Bertz CT molecular complexity index is 671. The molecule has 5 nitrogen and oxygen atoms in total. The number of aryl methyl sites for hydroxylation is 1. The monoisotopic (exact) mass is 326 g/mol. The highest BCUT2D eigenvalue weighted by Crippen LogP contribution is 2.49. The molecule has 0 amide bonds. The zero-order valence-electron chi connectivity index (χ0n) is 14.6. The molecule has 24 heavy (non-hydrogen) atoms. The zero-order chi connectivity index (χ0) is 16.5. The molecule has 0 spiro atoms. The van der Waals surface area contributed by atoms with Crippen LogP contribution in [-0.4, -0.2) is 53.2 Å². The van der Waals surface area contributed by atoms with Crippen molar-refractivity contribution in [1.82, 2.24) is 19.9 Å². The molecule has 3 atom stereocenters. The number of aromatic nitrogens is 2. The summed E-state index contributed by atoms with van der Waals surface area (Å²) in [5.41, 5.74) is 1.51. The predicted molar refractivity (Wildman–Crippen MR) is 92.8 cm³/mol. The fourth-order valence-electron chi connectivity index (χ4n) is 3.87. The van der Waals surface area contributed by atoms with Gasteiger partial charge in [-0.1, -0.05) is 35.5 Å². The van der Waals surface area contributed by atoms with Crippen LogP contribution >= 0.6 is 0 Å². The van der Waals surface area contributed by atoms with E-state index < -0.39 is 0 Å². The summed E-state index contributed by atoms with van der Waals surface area (Å²) in [5.74, 6) is 3.12. The molecule has 1 saturated heterocycles. The summed E-state index contributed by atoms with van der Waals surface area (Å²) in [5, 5.41) is 3.95. The van der Waals surface area contributed by atoms with E-state index in [1.54, 1.807) is 0 Å². The van der Waals surface area contributed by atoms with Crippen LogP contribution in [0.2, 0.25) is 0 Å². The minimum atomic E-state index is 0.226. The van der Waals surface area contributed by atoms with E-state index in [9.17, 15) is 0 Å². The van der Waals surface area contributed by atoms with Crippen molar-refractivity contribution in [3.63, 3.8) is 0 Å². The minimum absolute atomic E-state index is 0.226. The third-order valence-electron chi connectivity index (χ3n) is 5.53. The predicted octanol–water partition coefficient (Wildman–Crippen LogP) is 2.86. The first kappa shape index (κ1) is 15.8. The number of likely N-dealkylation sites (N-methyl/N-ethyl adjacent to an activating group) is 1. The van der Waals surface area contributed by atoms with Gasteiger partial charge in [-0.3, -0.25) is 9.80 Å². The molecule has 0 N–H and O–H groups in total. The Hall–Kier alpha value is -1.72. The second-order valence-electron chi connectivity index (χ2n) is 7.28. The molecule has 1 aromatic heterocycles. The van der Waals surface area contributed by atoms with Gasteiger partial charge in [-0.05, 0) is 50.8 Å². The van der Waals surface area contributed by atoms with E-state index in [4.69, 9.17) is 4.52 Å². The summed E-state index contributed by atoms with van der Waals surface area (Å²) in [6.45, 7) is 6.22. The molecule has 2 fully saturated rings. The molecule has 1 saturated carbocycles. The van der Waals surface area contributed by atoms with Crippen molar-refractivity contribution in [2.45, 2.75) is 31.7 Å². The van der Waals surface area contributed by atoms with E-state index in [1.807, 2.05) is 6.92 Å². The van der Waals surface area contributed by atoms with E-state index in [1.165, 1.54) is 24.9 Å². The second-order valence-corrected chi connectivity index (χ2v) is 7.28. The van der Waals surface area contributed by atoms with Crippen LogP contribution in [0.15, 0.2) is 34.9 Å². The van der Waals surface area contributed by atoms with Crippen molar-refractivity contribution < 1.29 is 4.52 Å². The molecule has 4 rings (SSSR count). The number of benzene rings is 1. The summed E-state index contributed by atoms with van der Waals surface area (Å²) in [4.78, 5) is 9.32. The Morgan fingerprint density at radius 1 is 1.21 bits per heavy atom. The maximum atomic E-state index is 5.41. The van der Waals surface area contributed by atoms with Gasteiger partial charge in [0.15, 0.2) is 5.82 Å². The number of piperazine rings is 1. The molecule has 2 aliphatic rings. The first-order valence-electron chi connectivity index (χ1n) is 8.98. The van der Waals surface area contributed by atoms with Gasteiger partial charge in [0.2, 0.25) is 5.89 Å². The molecule has 0 bridgehead atoms. The van der Waals surface area contributed by atoms with Crippen molar-refractivity contribution >= 4 is 0 Å². The molecular formula is C19H26N4O. The fraction of sp³-hybridized carbons (Fsp3) is 0.579. The van der Waals surface area contributed by atoms with Crippen LogP contribution in [-0.2, 0) is 0 Å². The van der Waals surface area contributed by atoms with E-state index in [0.29, 0.717) is 0 Å². The summed E-state index contributed by atoms with van der Waals surface area (Å²) in [6.07, 6.45) is 2.64. The number of hydrogen-bond donors (Lipinski definition) is 0. The van der Waals surface area contributed by atoms with Gasteiger partial charge in [0.05, 0.1) is 0 Å². The van der Waals surface area contributed by atoms with Crippen LogP contribution in [0.1, 0.15) is 42.1 Å². The highest BCUT2D eigenvalue weighted by molar-refractivity contribution is 5.25. The number of hydrogen-bond acceptors (Lipinski definition) is 5. The molecule has 1 aliphatic heterocycles. The van der Waals surface area contributed by atoms with Crippen LogP contribution in [0.3, 0.4) is 0 Å². The Morgan fingerprint density at radius 2 is 2.04 bits per heavy atom. The lowest BCUT2D eigenvalue weighted by Crippen LogP contribution is -2.47. The Balaban J connectivity index is 1.30. The van der Waals surface area contributed by atoms with Gasteiger partial charge >= 0.3 is 0 Å². The molecule has 0 radical (unpaired) electrons. The second kappa shape index (κ2) is 6.65. The molecule has 5 heteroatoms. The summed E-state index contributed by atoms with van der Waals surface area (Å²) in [6, 6.07) is 11.2. The Kier molecular flexibility index (Phi) is 4.37. The quantitative estimate of drug-likeness (QED) is 0.845. The lowest BCUT2D eigenvalue weighted by Gasteiger charge is -2.37. The smallest absolute Gasteiger partial charge is 0.245 e. The third-order valence-corrected chi connectivity index (χ3v) is 5.53. The van der Waals surface area contributed by atoms with Crippen molar-refractivity contribution in [1.29, 1.82) is 0 Å². The maximum absolute atomic E-state index is 5.41. The maximum Gasteiger partial charge on any atom is 0.245 e. The standard InChI is InChI=1S/C19H26N4O/c1-14-20-19(24-21-14)18-13-23(11-10-22(18)2)9-8-16-12-17(16)15-6-4-3-5-7-15/h3-7,16-18H,8-13H2,1-2H3/t16-,17+,18?/m1/s1. The average Bonchev–Trinajstić information content (AvgIpc) is 3.27. The molecule has 2 heterocycles. The van der Waals surface area contributed by atoms with Crippen LogP contribution in [0.25, 0.3) is 0 Å². The molecule has 1 aromatic carbocycles. The fourth-order valence-corrected chi connectivity index (χ4v) is 3.87. The van der Waals surface area contributed by atoms with Crippen molar-refractivity contribution in [3.8, 4) is 0 Å². The third kappa shape index (κ3) is 3.37. The van der Waals surface area contributed by atoms with Crippen molar-refractivity contribution in [2.75, 3.05) is 33.2 Å². The van der Waals surface area contributed by atoms with Crippen molar-refractivity contribution in [2.24, 2.45) is 5.92 Å². The first-order chi connectivity index (χ1) is 11.7. The highest BCUT2D eigenvalue weighted by Gasteiger charge is 2.38. The SMILES string of the molecule is Cc1noc(C2CN(CC[C@@H]3C[C@H]3c3ccccc3)CCN2C)n1. The van der Waals surface area contributed by atoms with E-state index in [0.717, 1.165) is 43.2 Å². The molecule has 2 aromatic rings. The molecular weight excluding hydrogens is 300 g/mol. The largest absolute Gasteiger partial charge is 0.338 e. The van der Waals surface area contributed by atoms with Crippen molar-refractivity contribution in [3.05, 3.63) is 47.6 Å². The summed E-state index contributed by atoms with van der Waals surface area (Å²) < 4.78 is 5.41. The van der Waals surface area contributed by atoms with Gasteiger partial charge in [0.1, 0.15) is 6.04 Å². The van der Waals surface area contributed by atoms with Gasteiger partial charge in [0, 0.05) is 19.6 Å². The van der Waals surface area contributed by atoms with Crippen LogP contribution in [0, 0.1) is 12.8 Å². The van der Waals surface area contributed by atoms with Gasteiger partial charge < -0.3 is 4.52 Å². The zero-order valence-corrected chi connectivity index (χ0v) is 14.6. The van der Waals surface area contributed by atoms with Gasteiger partial charge in [-0.25, -0.2) is 0 Å². The number of rotatable bonds is 5.